The van der Waals surface area contributed by atoms with E-state index in [0.717, 1.165) is 64.3 Å². The number of hydrogen-bond acceptors (Lipinski definition) is 6. The lowest BCUT2D eigenvalue weighted by atomic mass is 9.99. The summed E-state index contributed by atoms with van der Waals surface area (Å²) in [5.41, 5.74) is -0.0920. The van der Waals surface area contributed by atoms with Gasteiger partial charge in [-0.25, -0.2) is 9.59 Å². The first kappa shape index (κ1) is 20.6. The van der Waals surface area contributed by atoms with E-state index >= 15 is 0 Å². The molecule has 6 heteroatoms. The summed E-state index contributed by atoms with van der Waals surface area (Å²) in [5, 5.41) is 0. The van der Waals surface area contributed by atoms with Gasteiger partial charge in [-0.2, -0.15) is 0 Å². The van der Waals surface area contributed by atoms with Gasteiger partial charge in [0.05, 0.1) is 26.4 Å². The maximum absolute atomic E-state index is 11.5. The summed E-state index contributed by atoms with van der Waals surface area (Å²) >= 11 is 0. The molecular weight excluding hydrogens is 310 g/mol. The second kappa shape index (κ2) is 11.2. The molecule has 0 spiro atoms. The molecule has 138 valence electrons. The Balaban J connectivity index is 2.00. The van der Waals surface area contributed by atoms with Crippen molar-refractivity contribution in [1.82, 2.24) is 4.90 Å². The van der Waals surface area contributed by atoms with Crippen LogP contribution in [0.4, 0.5) is 0 Å². The predicted octanol–water partition coefficient (Wildman–Crippen LogP) is 2.18. The molecule has 0 aromatic heterocycles. The minimum atomic E-state index is -0.521. The Labute approximate surface area is 145 Å². The molecule has 1 rings (SSSR count). The van der Waals surface area contributed by atoms with Gasteiger partial charge in [0, 0.05) is 25.2 Å². The standard InChI is InChI=1S/C18H31NO5/c1-18(2,3)15-24-17(21)8-7-16(20)23-12-6-4-5-9-19-10-13-22-14-11-19/h7-8H,4-6,9-15H2,1-3H3. The summed E-state index contributed by atoms with van der Waals surface area (Å²) in [6.45, 7) is 11.3. The van der Waals surface area contributed by atoms with Crippen molar-refractivity contribution in [2.45, 2.75) is 40.0 Å². The maximum atomic E-state index is 11.5. The van der Waals surface area contributed by atoms with Crippen LogP contribution in [0, 0.1) is 5.41 Å². The average molecular weight is 341 g/mol. The van der Waals surface area contributed by atoms with Crippen LogP contribution in [-0.2, 0) is 23.8 Å². The number of unbranched alkanes of at least 4 members (excludes halogenated alkanes) is 2. The van der Waals surface area contributed by atoms with Crippen LogP contribution in [0.1, 0.15) is 40.0 Å². The summed E-state index contributed by atoms with van der Waals surface area (Å²) in [6.07, 6.45) is 5.18. The van der Waals surface area contributed by atoms with Crippen molar-refractivity contribution in [1.29, 1.82) is 0 Å². The van der Waals surface area contributed by atoms with Crippen LogP contribution in [0.25, 0.3) is 0 Å². The van der Waals surface area contributed by atoms with Crippen LogP contribution in [0.15, 0.2) is 12.2 Å². The molecule has 1 aliphatic rings. The summed E-state index contributed by atoms with van der Waals surface area (Å²) in [4.78, 5) is 25.3. The number of ether oxygens (including phenoxy) is 3. The number of nitrogens with zero attached hydrogens (tertiary/aromatic N) is 1. The molecule has 0 saturated carbocycles. The number of hydrogen-bond donors (Lipinski definition) is 0. The van der Waals surface area contributed by atoms with Gasteiger partial charge in [0.1, 0.15) is 0 Å². The molecule has 0 unspecified atom stereocenters. The van der Waals surface area contributed by atoms with Crippen molar-refractivity contribution in [2.24, 2.45) is 5.41 Å². The Morgan fingerprint density at radius 2 is 1.62 bits per heavy atom. The maximum Gasteiger partial charge on any atom is 0.331 e. The lowest BCUT2D eigenvalue weighted by Gasteiger charge is -2.26. The number of carbonyl (C=O) groups is 2. The van der Waals surface area contributed by atoms with Gasteiger partial charge in [0.15, 0.2) is 0 Å². The van der Waals surface area contributed by atoms with E-state index in [-0.39, 0.29) is 5.41 Å². The summed E-state index contributed by atoms with van der Waals surface area (Å²) < 4.78 is 15.4. The second-order valence-electron chi connectivity index (χ2n) is 7.18. The zero-order valence-electron chi connectivity index (χ0n) is 15.2. The molecule has 6 nitrogen and oxygen atoms in total. The molecule has 0 bridgehead atoms. The third-order valence-electron chi connectivity index (χ3n) is 3.47. The van der Waals surface area contributed by atoms with Crippen molar-refractivity contribution in [3.05, 3.63) is 12.2 Å². The normalized spacial score (nSPS) is 16.3. The second-order valence-corrected chi connectivity index (χ2v) is 7.18. The van der Waals surface area contributed by atoms with Crippen molar-refractivity contribution >= 4 is 11.9 Å². The van der Waals surface area contributed by atoms with Crippen molar-refractivity contribution in [3.63, 3.8) is 0 Å². The molecule has 1 aliphatic heterocycles. The lowest BCUT2D eigenvalue weighted by Crippen LogP contribution is -2.36. The minimum Gasteiger partial charge on any atom is -0.463 e. The van der Waals surface area contributed by atoms with Crippen molar-refractivity contribution in [3.8, 4) is 0 Å². The molecule has 0 amide bonds. The first-order chi connectivity index (χ1) is 11.4. The largest absolute Gasteiger partial charge is 0.463 e. The van der Waals surface area contributed by atoms with Gasteiger partial charge in [-0.15, -0.1) is 0 Å². The fourth-order valence-corrected chi connectivity index (χ4v) is 2.13. The molecule has 0 N–H and O–H groups in total. The third-order valence-corrected chi connectivity index (χ3v) is 3.47. The fourth-order valence-electron chi connectivity index (χ4n) is 2.13. The Morgan fingerprint density at radius 3 is 2.25 bits per heavy atom. The SMILES string of the molecule is CC(C)(C)COC(=O)C=CC(=O)OCCCCCN1CCOCC1. The summed E-state index contributed by atoms with van der Waals surface area (Å²) in [5.74, 6) is -1.02. The van der Waals surface area contributed by atoms with Gasteiger partial charge >= 0.3 is 11.9 Å². The topological polar surface area (TPSA) is 65.1 Å². The number of morpholine rings is 1. The fraction of sp³-hybridized carbons (Fsp3) is 0.778. The highest BCUT2D eigenvalue weighted by Gasteiger charge is 2.12. The van der Waals surface area contributed by atoms with Crippen LogP contribution >= 0.6 is 0 Å². The number of carbonyl (C=O) groups excluding carboxylic acids is 2. The number of esters is 2. The van der Waals surface area contributed by atoms with Crippen LogP contribution in [0.5, 0.6) is 0 Å². The minimum absolute atomic E-state index is 0.0920. The molecule has 0 aromatic rings. The monoisotopic (exact) mass is 341 g/mol. The Hall–Kier alpha value is -1.40. The quantitative estimate of drug-likeness (QED) is 0.364. The van der Waals surface area contributed by atoms with Crippen LogP contribution in [0.3, 0.4) is 0 Å². The van der Waals surface area contributed by atoms with E-state index in [4.69, 9.17) is 14.2 Å². The zero-order chi connectivity index (χ0) is 17.8. The van der Waals surface area contributed by atoms with Crippen LogP contribution in [0.2, 0.25) is 0 Å². The van der Waals surface area contributed by atoms with E-state index in [1.807, 2.05) is 20.8 Å². The van der Waals surface area contributed by atoms with E-state index in [0.29, 0.717) is 13.2 Å². The average Bonchev–Trinajstić information content (AvgIpc) is 2.54. The van der Waals surface area contributed by atoms with Gasteiger partial charge in [-0.1, -0.05) is 20.8 Å². The molecular formula is C18H31NO5. The molecule has 1 saturated heterocycles. The van der Waals surface area contributed by atoms with Gasteiger partial charge < -0.3 is 14.2 Å². The Bertz CT molecular complexity index is 408. The smallest absolute Gasteiger partial charge is 0.331 e. The summed E-state index contributed by atoms with van der Waals surface area (Å²) in [6, 6.07) is 0. The highest BCUT2D eigenvalue weighted by atomic mass is 16.5. The van der Waals surface area contributed by atoms with Gasteiger partial charge in [-0.05, 0) is 31.2 Å². The molecule has 1 fully saturated rings. The Morgan fingerprint density at radius 1 is 1.00 bits per heavy atom. The van der Waals surface area contributed by atoms with E-state index in [9.17, 15) is 9.59 Å². The van der Waals surface area contributed by atoms with E-state index < -0.39 is 11.9 Å². The highest BCUT2D eigenvalue weighted by molar-refractivity contribution is 5.91. The molecule has 1 heterocycles. The first-order valence-electron chi connectivity index (χ1n) is 8.68. The third kappa shape index (κ3) is 11.2. The van der Waals surface area contributed by atoms with E-state index in [1.54, 1.807) is 0 Å². The predicted molar refractivity (Wildman–Crippen MR) is 91.6 cm³/mol. The van der Waals surface area contributed by atoms with Gasteiger partial charge in [0.2, 0.25) is 0 Å². The van der Waals surface area contributed by atoms with Crippen LogP contribution < -0.4 is 0 Å². The zero-order valence-corrected chi connectivity index (χ0v) is 15.2. The lowest BCUT2D eigenvalue weighted by molar-refractivity contribution is -0.142. The molecule has 0 atom stereocenters. The highest BCUT2D eigenvalue weighted by Crippen LogP contribution is 2.12. The number of rotatable bonds is 9. The van der Waals surface area contributed by atoms with Crippen molar-refractivity contribution in [2.75, 3.05) is 46.1 Å². The van der Waals surface area contributed by atoms with Gasteiger partial charge in [0.25, 0.3) is 0 Å². The molecule has 0 aromatic carbocycles. The van der Waals surface area contributed by atoms with E-state index in [2.05, 4.69) is 4.90 Å². The molecule has 0 aliphatic carbocycles. The first-order valence-corrected chi connectivity index (χ1v) is 8.68. The van der Waals surface area contributed by atoms with Gasteiger partial charge in [-0.3, -0.25) is 4.90 Å². The molecule has 0 radical (unpaired) electrons. The van der Waals surface area contributed by atoms with E-state index in [1.165, 1.54) is 0 Å². The Kier molecular flexibility index (Phi) is 9.64. The van der Waals surface area contributed by atoms with Crippen LogP contribution in [-0.4, -0.2) is 62.9 Å². The molecule has 24 heavy (non-hydrogen) atoms. The van der Waals surface area contributed by atoms with Crippen molar-refractivity contribution < 1.29 is 23.8 Å². The summed E-state index contributed by atoms with van der Waals surface area (Å²) in [7, 11) is 0.